The van der Waals surface area contributed by atoms with Gasteiger partial charge in [0.25, 0.3) is 5.91 Å². The molecule has 4 rings (SSSR count). The number of nitriles is 1. The maximum absolute atomic E-state index is 12.6. The van der Waals surface area contributed by atoms with E-state index in [4.69, 9.17) is 14.2 Å². The molecule has 0 fully saturated rings. The average molecular weight is 390 g/mol. The molecule has 0 N–H and O–H groups in total. The number of benzene rings is 2. The van der Waals surface area contributed by atoms with E-state index in [1.54, 1.807) is 23.1 Å². The highest BCUT2D eigenvalue weighted by atomic mass is 16.7. The van der Waals surface area contributed by atoms with Gasteiger partial charge in [0.05, 0.1) is 0 Å². The highest BCUT2D eigenvalue weighted by Crippen LogP contribution is 2.33. The lowest BCUT2D eigenvalue weighted by molar-refractivity contribution is -0.143. The minimum Gasteiger partial charge on any atom is -0.454 e. The van der Waals surface area contributed by atoms with E-state index in [0.29, 0.717) is 17.1 Å². The summed E-state index contributed by atoms with van der Waals surface area (Å²) in [6.45, 7) is 1.65. The summed E-state index contributed by atoms with van der Waals surface area (Å²) in [6, 6.07) is 14.5. The molecule has 29 heavy (non-hydrogen) atoms. The third kappa shape index (κ3) is 3.65. The Hall–Kier alpha value is -3.79. The number of rotatable bonds is 4. The number of esters is 1. The highest BCUT2D eigenvalue weighted by molar-refractivity contribution is 6.01. The van der Waals surface area contributed by atoms with Gasteiger partial charge >= 0.3 is 5.97 Å². The Morgan fingerprint density at radius 2 is 2.03 bits per heavy atom. The van der Waals surface area contributed by atoms with Gasteiger partial charge in [-0.05, 0) is 48.7 Å². The number of hydrogen-bond acceptors (Lipinski definition) is 6. The van der Waals surface area contributed by atoms with Crippen LogP contribution < -0.4 is 14.4 Å². The second-order valence-electron chi connectivity index (χ2n) is 6.80. The first-order valence-electron chi connectivity index (χ1n) is 9.15. The van der Waals surface area contributed by atoms with E-state index in [0.717, 1.165) is 17.7 Å². The normalized spacial score (nSPS) is 16.9. The molecule has 0 saturated heterocycles. The molecule has 7 heteroatoms. The summed E-state index contributed by atoms with van der Waals surface area (Å²) in [4.78, 5) is 26.6. The van der Waals surface area contributed by atoms with Crippen LogP contribution in [0.3, 0.4) is 0 Å². The van der Waals surface area contributed by atoms with E-state index >= 15 is 0 Å². The zero-order valence-corrected chi connectivity index (χ0v) is 15.8. The van der Waals surface area contributed by atoms with Crippen LogP contribution in [0.5, 0.6) is 11.5 Å². The van der Waals surface area contributed by atoms with Crippen molar-refractivity contribution in [1.29, 1.82) is 5.26 Å². The van der Waals surface area contributed by atoms with Crippen molar-refractivity contribution in [3.05, 3.63) is 59.2 Å². The predicted octanol–water partition coefficient (Wildman–Crippen LogP) is 2.84. The van der Waals surface area contributed by atoms with Crippen molar-refractivity contribution in [2.24, 2.45) is 0 Å². The standard InChI is InChI=1S/C22H18N2O5/c1-14-8-16-4-2-3-5-18(16)24(14)21(25)12-27-22(26)17(11-23)9-15-6-7-19-20(10-15)29-13-28-19/h2-7,9-10,14H,8,12-13H2,1H3/b17-9-. The summed E-state index contributed by atoms with van der Waals surface area (Å²) in [6.07, 6.45) is 2.14. The van der Waals surface area contributed by atoms with Crippen molar-refractivity contribution in [3.8, 4) is 17.6 Å². The first-order chi connectivity index (χ1) is 14.1. The Balaban J connectivity index is 1.43. The summed E-state index contributed by atoms with van der Waals surface area (Å²) in [7, 11) is 0. The summed E-state index contributed by atoms with van der Waals surface area (Å²) < 4.78 is 15.6. The Labute approximate surface area is 167 Å². The van der Waals surface area contributed by atoms with E-state index in [1.165, 1.54) is 6.08 Å². The van der Waals surface area contributed by atoms with Crippen LogP contribution in [0.15, 0.2) is 48.0 Å². The lowest BCUT2D eigenvalue weighted by Gasteiger charge is -2.22. The van der Waals surface area contributed by atoms with Crippen molar-refractivity contribution in [3.63, 3.8) is 0 Å². The molecule has 2 heterocycles. The minimum absolute atomic E-state index is 0.0155. The van der Waals surface area contributed by atoms with Gasteiger partial charge in [0, 0.05) is 11.7 Å². The van der Waals surface area contributed by atoms with Gasteiger partial charge in [0.15, 0.2) is 18.1 Å². The van der Waals surface area contributed by atoms with Gasteiger partial charge in [-0.2, -0.15) is 5.26 Å². The van der Waals surface area contributed by atoms with Crippen LogP contribution in [0.2, 0.25) is 0 Å². The SMILES string of the molecule is CC1Cc2ccccc2N1C(=O)COC(=O)/C(C#N)=C\c1ccc2c(c1)OCO2. The third-order valence-corrected chi connectivity index (χ3v) is 4.85. The maximum Gasteiger partial charge on any atom is 0.349 e. The van der Waals surface area contributed by atoms with Gasteiger partial charge in [-0.3, -0.25) is 4.79 Å². The van der Waals surface area contributed by atoms with Crippen molar-refractivity contribution >= 4 is 23.6 Å². The van der Waals surface area contributed by atoms with E-state index in [9.17, 15) is 14.9 Å². The highest BCUT2D eigenvalue weighted by Gasteiger charge is 2.31. The van der Waals surface area contributed by atoms with Gasteiger partial charge in [-0.1, -0.05) is 24.3 Å². The molecule has 2 aliphatic rings. The van der Waals surface area contributed by atoms with Gasteiger partial charge in [0.2, 0.25) is 6.79 Å². The average Bonchev–Trinajstić information content (AvgIpc) is 3.32. The van der Waals surface area contributed by atoms with Crippen molar-refractivity contribution in [2.75, 3.05) is 18.3 Å². The topological polar surface area (TPSA) is 88.9 Å². The molecule has 1 amide bonds. The largest absolute Gasteiger partial charge is 0.454 e. The zero-order chi connectivity index (χ0) is 20.4. The lowest BCUT2D eigenvalue weighted by Crippen LogP contribution is -2.38. The van der Waals surface area contributed by atoms with E-state index in [1.807, 2.05) is 37.3 Å². The molecule has 0 aliphatic carbocycles. The van der Waals surface area contributed by atoms with Crippen LogP contribution in [-0.4, -0.2) is 31.3 Å². The van der Waals surface area contributed by atoms with Gasteiger partial charge in [0.1, 0.15) is 11.6 Å². The molecule has 1 atom stereocenters. The zero-order valence-electron chi connectivity index (χ0n) is 15.8. The van der Waals surface area contributed by atoms with Crippen LogP contribution in [0.25, 0.3) is 6.08 Å². The number of para-hydroxylation sites is 1. The number of anilines is 1. The van der Waals surface area contributed by atoms with Crippen molar-refractivity contribution in [1.82, 2.24) is 0 Å². The second kappa shape index (κ2) is 7.68. The van der Waals surface area contributed by atoms with E-state index in [-0.39, 0.29) is 24.3 Å². The predicted molar refractivity (Wildman–Crippen MR) is 104 cm³/mol. The molecule has 0 aromatic heterocycles. The Bertz CT molecular complexity index is 1050. The second-order valence-corrected chi connectivity index (χ2v) is 6.80. The quantitative estimate of drug-likeness (QED) is 0.453. The summed E-state index contributed by atoms with van der Waals surface area (Å²) in [5.74, 6) is -0.0232. The number of fused-ring (bicyclic) bond motifs is 2. The number of carbonyl (C=O) groups is 2. The van der Waals surface area contributed by atoms with Gasteiger partial charge < -0.3 is 19.1 Å². The van der Waals surface area contributed by atoms with E-state index < -0.39 is 12.6 Å². The fourth-order valence-corrected chi connectivity index (χ4v) is 3.53. The molecular formula is C22H18N2O5. The van der Waals surface area contributed by atoms with Crippen LogP contribution in [0, 0.1) is 11.3 Å². The molecular weight excluding hydrogens is 372 g/mol. The van der Waals surface area contributed by atoms with Crippen LogP contribution >= 0.6 is 0 Å². The third-order valence-electron chi connectivity index (χ3n) is 4.85. The first-order valence-corrected chi connectivity index (χ1v) is 9.15. The van der Waals surface area contributed by atoms with E-state index in [2.05, 4.69) is 0 Å². The molecule has 0 bridgehead atoms. The molecule has 0 saturated carbocycles. The molecule has 2 aromatic carbocycles. The number of amides is 1. The number of hydrogen-bond donors (Lipinski definition) is 0. The fourth-order valence-electron chi connectivity index (χ4n) is 3.53. The first kappa shape index (κ1) is 18.6. The summed E-state index contributed by atoms with van der Waals surface area (Å²) in [5, 5.41) is 9.33. The number of ether oxygens (including phenoxy) is 3. The summed E-state index contributed by atoms with van der Waals surface area (Å²) in [5.41, 5.74) is 2.31. The smallest absolute Gasteiger partial charge is 0.349 e. The van der Waals surface area contributed by atoms with Crippen LogP contribution in [-0.2, 0) is 20.7 Å². The van der Waals surface area contributed by atoms with Crippen molar-refractivity contribution in [2.45, 2.75) is 19.4 Å². The summed E-state index contributed by atoms with van der Waals surface area (Å²) >= 11 is 0. The number of carbonyl (C=O) groups excluding carboxylic acids is 2. The number of nitrogens with zero attached hydrogens (tertiary/aromatic N) is 2. The molecule has 2 aliphatic heterocycles. The Morgan fingerprint density at radius 1 is 1.24 bits per heavy atom. The van der Waals surface area contributed by atoms with Crippen LogP contribution in [0.1, 0.15) is 18.1 Å². The van der Waals surface area contributed by atoms with Gasteiger partial charge in [-0.15, -0.1) is 0 Å². The Morgan fingerprint density at radius 3 is 2.86 bits per heavy atom. The molecule has 0 radical (unpaired) electrons. The Kier molecular flexibility index (Phi) is 4.92. The monoisotopic (exact) mass is 390 g/mol. The molecule has 146 valence electrons. The van der Waals surface area contributed by atoms with Crippen LogP contribution in [0.4, 0.5) is 5.69 Å². The molecule has 2 aromatic rings. The molecule has 7 nitrogen and oxygen atoms in total. The molecule has 1 unspecified atom stereocenters. The van der Waals surface area contributed by atoms with Crippen molar-refractivity contribution < 1.29 is 23.8 Å². The fraction of sp³-hybridized carbons (Fsp3) is 0.227. The maximum atomic E-state index is 12.6. The van der Waals surface area contributed by atoms with Gasteiger partial charge in [-0.25, -0.2) is 4.79 Å². The minimum atomic E-state index is -0.848. The molecule has 0 spiro atoms. The lowest BCUT2D eigenvalue weighted by atomic mass is 10.1.